The van der Waals surface area contributed by atoms with E-state index >= 15 is 0 Å². The highest BCUT2D eigenvalue weighted by Crippen LogP contribution is 2.31. The normalized spacial score (nSPS) is 34.9. The van der Waals surface area contributed by atoms with Crippen LogP contribution >= 0.6 is 15.9 Å². The molecule has 0 radical (unpaired) electrons. The van der Waals surface area contributed by atoms with E-state index in [4.69, 9.17) is 5.73 Å². The fourth-order valence-electron chi connectivity index (χ4n) is 1.30. The highest BCUT2D eigenvalue weighted by Gasteiger charge is 2.32. The third kappa shape index (κ3) is 1.90. The summed E-state index contributed by atoms with van der Waals surface area (Å²) in [5.41, 5.74) is 6.49. The molecule has 1 unspecified atom stereocenters. The Hall–Kier alpha value is -0.280. The molecule has 0 aromatic carbocycles. The van der Waals surface area contributed by atoms with Crippen molar-refractivity contribution in [2.24, 2.45) is 5.73 Å². The molecular weight excluding hydrogens is 216 g/mol. The van der Waals surface area contributed by atoms with Crippen molar-refractivity contribution in [3.05, 3.63) is 23.9 Å². The Bertz CT molecular complexity index is 243. The molecule has 0 saturated heterocycles. The number of hydrogen-bond acceptors (Lipinski definition) is 2. The maximum atomic E-state index is 5.63. The lowest BCUT2D eigenvalue weighted by molar-refractivity contribution is 0.554. The highest BCUT2D eigenvalue weighted by molar-refractivity contribution is 9.10. The zero-order valence-corrected chi connectivity index (χ0v) is 8.47. The molecule has 12 heavy (non-hydrogen) atoms. The van der Waals surface area contributed by atoms with Crippen molar-refractivity contribution in [3.63, 3.8) is 0 Å². The van der Waals surface area contributed by atoms with Gasteiger partial charge in [0.25, 0.3) is 0 Å². The number of halogens is 1. The van der Waals surface area contributed by atoms with Gasteiger partial charge in [0, 0.05) is 11.7 Å². The molecular formula is C9H13BrN2. The molecule has 2 aliphatic carbocycles. The molecule has 1 saturated carbocycles. The van der Waals surface area contributed by atoms with Gasteiger partial charge in [-0.25, -0.2) is 0 Å². The van der Waals surface area contributed by atoms with E-state index in [1.165, 1.54) is 12.8 Å². The largest absolute Gasteiger partial charge is 0.399 e. The molecule has 1 atom stereocenters. The lowest BCUT2D eigenvalue weighted by Gasteiger charge is -2.26. The minimum Gasteiger partial charge on any atom is -0.399 e. The molecule has 0 bridgehead atoms. The first-order valence-corrected chi connectivity index (χ1v) is 5.09. The molecule has 0 aliphatic heterocycles. The first-order valence-electron chi connectivity index (χ1n) is 4.29. The van der Waals surface area contributed by atoms with E-state index in [-0.39, 0.29) is 4.45 Å². The second-order valence-corrected chi connectivity index (χ2v) is 4.94. The molecule has 0 spiro atoms. The lowest BCUT2D eigenvalue weighted by atomic mass is 10.1. The van der Waals surface area contributed by atoms with Crippen molar-refractivity contribution in [2.75, 3.05) is 0 Å². The van der Waals surface area contributed by atoms with Crippen LogP contribution in [0, 0.1) is 0 Å². The first kappa shape index (κ1) is 8.32. The van der Waals surface area contributed by atoms with Crippen molar-refractivity contribution in [2.45, 2.75) is 29.8 Å². The fourth-order valence-corrected chi connectivity index (χ4v) is 1.92. The molecule has 0 heterocycles. The maximum Gasteiger partial charge on any atom is 0.0968 e. The van der Waals surface area contributed by atoms with Gasteiger partial charge in [0.05, 0.1) is 4.45 Å². The Labute approximate surface area is 81.0 Å². The van der Waals surface area contributed by atoms with Gasteiger partial charge < -0.3 is 5.73 Å². The van der Waals surface area contributed by atoms with Crippen LogP contribution < -0.4 is 11.1 Å². The Balaban J connectivity index is 1.98. The van der Waals surface area contributed by atoms with Crippen LogP contribution in [0.1, 0.15) is 19.3 Å². The zero-order chi connectivity index (χ0) is 8.60. The van der Waals surface area contributed by atoms with Gasteiger partial charge in [-0.1, -0.05) is 28.1 Å². The summed E-state index contributed by atoms with van der Waals surface area (Å²) >= 11 is 3.67. The monoisotopic (exact) mass is 228 g/mol. The summed E-state index contributed by atoms with van der Waals surface area (Å²) in [4.78, 5) is 0. The van der Waals surface area contributed by atoms with Gasteiger partial charge in [-0.05, 0) is 25.3 Å². The maximum absolute atomic E-state index is 5.63. The number of nitrogens with one attached hydrogen (secondary N) is 1. The average Bonchev–Trinajstić information content (AvgIpc) is 2.80. The van der Waals surface area contributed by atoms with Gasteiger partial charge in [-0.2, -0.15) is 0 Å². The SMILES string of the molecule is NC1=CCC(Br)(NC2CC2)C=C1. The van der Waals surface area contributed by atoms with Crippen molar-refractivity contribution < 1.29 is 0 Å². The van der Waals surface area contributed by atoms with Crippen molar-refractivity contribution in [1.29, 1.82) is 0 Å². The fraction of sp³-hybridized carbons (Fsp3) is 0.556. The summed E-state index contributed by atoms with van der Waals surface area (Å²) in [6.07, 6.45) is 9.64. The first-order chi connectivity index (χ1) is 5.68. The zero-order valence-electron chi connectivity index (χ0n) is 6.89. The van der Waals surface area contributed by atoms with Gasteiger partial charge in [-0.3, -0.25) is 5.32 Å². The number of alkyl halides is 1. The second kappa shape index (κ2) is 2.89. The third-order valence-electron chi connectivity index (χ3n) is 2.20. The van der Waals surface area contributed by atoms with Crippen molar-refractivity contribution >= 4 is 15.9 Å². The standard InChI is InChI=1S/C9H13BrN2/c10-9(12-8-1-2-8)5-3-7(11)4-6-9/h3-5,8,12H,1-2,6,11H2. The number of rotatable bonds is 2. The van der Waals surface area contributed by atoms with E-state index in [0.717, 1.165) is 12.1 Å². The Kier molecular flexibility index (Phi) is 2.00. The molecule has 2 nitrogen and oxygen atoms in total. The lowest BCUT2D eigenvalue weighted by Crippen LogP contribution is -2.39. The van der Waals surface area contributed by atoms with E-state index in [0.29, 0.717) is 6.04 Å². The van der Waals surface area contributed by atoms with Crippen LogP contribution in [-0.2, 0) is 0 Å². The van der Waals surface area contributed by atoms with Crippen molar-refractivity contribution in [1.82, 2.24) is 5.32 Å². The van der Waals surface area contributed by atoms with Crippen LogP contribution in [-0.4, -0.2) is 10.5 Å². The molecule has 1 fully saturated rings. The van der Waals surface area contributed by atoms with Gasteiger partial charge in [0.1, 0.15) is 0 Å². The van der Waals surface area contributed by atoms with Crippen LogP contribution in [0.25, 0.3) is 0 Å². The number of hydrogen-bond donors (Lipinski definition) is 2. The molecule has 0 amide bonds. The summed E-state index contributed by atoms with van der Waals surface area (Å²) in [6, 6.07) is 0.710. The summed E-state index contributed by atoms with van der Waals surface area (Å²) in [5, 5.41) is 3.52. The van der Waals surface area contributed by atoms with Crippen LogP contribution in [0.15, 0.2) is 23.9 Å². The second-order valence-electron chi connectivity index (χ2n) is 3.52. The molecule has 0 aromatic rings. The van der Waals surface area contributed by atoms with Gasteiger partial charge in [0.15, 0.2) is 0 Å². The molecule has 2 rings (SSSR count). The molecule has 3 heteroatoms. The van der Waals surface area contributed by atoms with E-state index in [2.05, 4.69) is 27.3 Å². The molecule has 2 aliphatic rings. The summed E-state index contributed by atoms with van der Waals surface area (Å²) in [7, 11) is 0. The Morgan fingerprint density at radius 1 is 1.58 bits per heavy atom. The molecule has 3 N–H and O–H groups in total. The smallest absolute Gasteiger partial charge is 0.0968 e. The molecule has 66 valence electrons. The van der Waals surface area contributed by atoms with Crippen LogP contribution in [0.3, 0.4) is 0 Å². The number of allylic oxidation sites excluding steroid dienone is 1. The third-order valence-corrected chi connectivity index (χ3v) is 3.01. The van der Waals surface area contributed by atoms with E-state index < -0.39 is 0 Å². The Morgan fingerprint density at radius 3 is 2.83 bits per heavy atom. The number of nitrogens with two attached hydrogens (primary N) is 1. The summed E-state index contributed by atoms with van der Waals surface area (Å²) < 4.78 is -0.0307. The summed E-state index contributed by atoms with van der Waals surface area (Å²) in [5.74, 6) is 0. The van der Waals surface area contributed by atoms with E-state index in [9.17, 15) is 0 Å². The topological polar surface area (TPSA) is 38.0 Å². The summed E-state index contributed by atoms with van der Waals surface area (Å²) in [6.45, 7) is 0. The van der Waals surface area contributed by atoms with Gasteiger partial charge in [-0.15, -0.1) is 0 Å². The van der Waals surface area contributed by atoms with Gasteiger partial charge >= 0.3 is 0 Å². The minimum absolute atomic E-state index is 0.0307. The van der Waals surface area contributed by atoms with Crippen LogP contribution in [0.4, 0.5) is 0 Å². The van der Waals surface area contributed by atoms with E-state index in [1.807, 2.05) is 12.2 Å². The van der Waals surface area contributed by atoms with Crippen molar-refractivity contribution in [3.8, 4) is 0 Å². The molecule has 0 aromatic heterocycles. The Morgan fingerprint density at radius 2 is 2.33 bits per heavy atom. The van der Waals surface area contributed by atoms with Gasteiger partial charge in [0.2, 0.25) is 0 Å². The van der Waals surface area contributed by atoms with Crippen LogP contribution in [0.5, 0.6) is 0 Å². The average molecular weight is 229 g/mol. The quantitative estimate of drug-likeness (QED) is 0.558. The predicted molar refractivity (Wildman–Crippen MR) is 53.8 cm³/mol. The van der Waals surface area contributed by atoms with Crippen LogP contribution in [0.2, 0.25) is 0 Å². The predicted octanol–water partition coefficient (Wildman–Crippen LogP) is 1.63. The van der Waals surface area contributed by atoms with E-state index in [1.54, 1.807) is 0 Å². The minimum atomic E-state index is -0.0307. The highest BCUT2D eigenvalue weighted by atomic mass is 79.9.